The zero-order chi connectivity index (χ0) is 26.0. The number of rotatable bonds is 7. The summed E-state index contributed by atoms with van der Waals surface area (Å²) in [6.45, 7) is 1.71. The molecule has 1 amide bonds. The van der Waals surface area contributed by atoms with Crippen LogP contribution in [-0.2, 0) is 12.6 Å². The molecular formula is C29H26F3N3O2. The van der Waals surface area contributed by atoms with E-state index in [9.17, 15) is 22.8 Å². The number of halogens is 3. The van der Waals surface area contributed by atoms with Gasteiger partial charge in [0.25, 0.3) is 5.91 Å². The lowest BCUT2D eigenvalue weighted by Crippen LogP contribution is -2.35. The Kier molecular flexibility index (Phi) is 6.82. The Morgan fingerprint density at radius 1 is 0.838 bits per heavy atom. The molecule has 190 valence electrons. The average Bonchev–Trinajstić information content (AvgIpc) is 3.48. The van der Waals surface area contributed by atoms with Gasteiger partial charge in [0.15, 0.2) is 5.78 Å². The fourth-order valence-corrected chi connectivity index (χ4v) is 4.95. The first kappa shape index (κ1) is 24.7. The Labute approximate surface area is 213 Å². The first-order chi connectivity index (χ1) is 17.8. The monoisotopic (exact) mass is 505 g/mol. The molecular weight excluding hydrogens is 479 g/mol. The predicted molar refractivity (Wildman–Crippen MR) is 135 cm³/mol. The van der Waals surface area contributed by atoms with E-state index in [1.54, 1.807) is 12.3 Å². The van der Waals surface area contributed by atoms with Gasteiger partial charge in [0.2, 0.25) is 0 Å². The largest absolute Gasteiger partial charge is 0.417 e. The number of aryl methyl sites for hydroxylation is 1. The fraction of sp³-hybridized carbons (Fsp3) is 0.276. The molecule has 0 N–H and O–H groups in total. The van der Waals surface area contributed by atoms with Crippen LogP contribution in [0, 0.1) is 0 Å². The number of amides is 1. The lowest BCUT2D eigenvalue weighted by atomic mass is 10.0. The summed E-state index contributed by atoms with van der Waals surface area (Å²) in [5.74, 6) is 0.183. The summed E-state index contributed by atoms with van der Waals surface area (Å²) in [6, 6.07) is 18.6. The van der Waals surface area contributed by atoms with Crippen molar-refractivity contribution in [3.05, 3.63) is 106 Å². The quantitative estimate of drug-likeness (QED) is 0.311. The Hall–Kier alpha value is -3.94. The molecule has 0 aliphatic carbocycles. The minimum Gasteiger partial charge on any atom is -0.348 e. The number of carbonyl (C=O) groups excluding carboxylic acids is 2. The summed E-state index contributed by atoms with van der Waals surface area (Å²) < 4.78 is 40.1. The van der Waals surface area contributed by atoms with Crippen LogP contribution in [0.4, 0.5) is 19.0 Å². The number of alkyl halides is 3. The molecule has 3 heterocycles. The van der Waals surface area contributed by atoms with E-state index < -0.39 is 17.6 Å². The van der Waals surface area contributed by atoms with Gasteiger partial charge in [0.1, 0.15) is 5.82 Å². The van der Waals surface area contributed by atoms with E-state index in [4.69, 9.17) is 0 Å². The summed E-state index contributed by atoms with van der Waals surface area (Å²) in [5.41, 5.74) is 2.62. The molecule has 5 nitrogen and oxygen atoms in total. The Morgan fingerprint density at radius 2 is 1.51 bits per heavy atom. The van der Waals surface area contributed by atoms with Crippen molar-refractivity contribution in [2.45, 2.75) is 25.4 Å². The van der Waals surface area contributed by atoms with Gasteiger partial charge in [-0.3, -0.25) is 9.59 Å². The minimum absolute atomic E-state index is 0.0605. The summed E-state index contributed by atoms with van der Waals surface area (Å²) >= 11 is 0. The van der Waals surface area contributed by atoms with Crippen LogP contribution in [0.15, 0.2) is 84.1 Å². The average molecular weight is 506 g/mol. The number of hydrogen-bond donors (Lipinski definition) is 0. The molecule has 37 heavy (non-hydrogen) atoms. The maximum Gasteiger partial charge on any atom is 0.417 e. The lowest BCUT2D eigenvalue weighted by Gasteiger charge is -2.24. The number of Topliss-reactive ketones (excluding diaryl/α,β-unsaturated/α-hetero) is 1. The van der Waals surface area contributed by atoms with E-state index in [0.717, 1.165) is 35.9 Å². The second-order valence-electron chi connectivity index (χ2n) is 9.44. The van der Waals surface area contributed by atoms with E-state index >= 15 is 0 Å². The molecule has 1 aromatic heterocycles. The second-order valence-corrected chi connectivity index (χ2v) is 9.44. The van der Waals surface area contributed by atoms with Crippen molar-refractivity contribution >= 4 is 17.5 Å². The number of pyridine rings is 1. The number of anilines is 1. The topological polar surface area (TPSA) is 53.5 Å². The van der Waals surface area contributed by atoms with E-state index in [1.165, 1.54) is 28.7 Å². The molecule has 0 fully saturated rings. The predicted octanol–water partition coefficient (Wildman–Crippen LogP) is 5.58. The van der Waals surface area contributed by atoms with Crippen LogP contribution < -0.4 is 4.90 Å². The molecule has 2 aromatic carbocycles. The number of carbonyl (C=O) groups is 2. The highest BCUT2D eigenvalue weighted by molar-refractivity contribution is 5.97. The van der Waals surface area contributed by atoms with E-state index in [-0.39, 0.29) is 11.3 Å². The van der Waals surface area contributed by atoms with Gasteiger partial charge in [-0.15, -0.1) is 0 Å². The number of ketones is 1. The Bertz CT molecular complexity index is 1320. The van der Waals surface area contributed by atoms with Gasteiger partial charge in [-0.1, -0.05) is 42.5 Å². The smallest absolute Gasteiger partial charge is 0.348 e. The van der Waals surface area contributed by atoms with Crippen LogP contribution in [0.25, 0.3) is 0 Å². The Morgan fingerprint density at radius 3 is 2.16 bits per heavy atom. The molecule has 0 bridgehead atoms. The van der Waals surface area contributed by atoms with Gasteiger partial charge < -0.3 is 9.80 Å². The van der Waals surface area contributed by atoms with Crippen LogP contribution in [0.5, 0.6) is 0 Å². The third-order valence-electron chi connectivity index (χ3n) is 6.88. The third kappa shape index (κ3) is 5.43. The minimum atomic E-state index is -4.58. The first-order valence-corrected chi connectivity index (χ1v) is 12.2. The van der Waals surface area contributed by atoms with Gasteiger partial charge >= 0.3 is 6.18 Å². The van der Waals surface area contributed by atoms with Crippen LogP contribution in [-0.4, -0.2) is 47.8 Å². The van der Waals surface area contributed by atoms with Crippen LogP contribution >= 0.6 is 0 Å². The highest BCUT2D eigenvalue weighted by Gasteiger charge is 2.38. The van der Waals surface area contributed by atoms with Crippen molar-refractivity contribution in [2.24, 2.45) is 0 Å². The molecule has 0 atom stereocenters. The van der Waals surface area contributed by atoms with E-state index in [2.05, 4.69) is 22.0 Å². The summed E-state index contributed by atoms with van der Waals surface area (Å²) in [5, 5.41) is 0. The third-order valence-corrected chi connectivity index (χ3v) is 6.88. The molecule has 8 heteroatoms. The van der Waals surface area contributed by atoms with Crippen molar-refractivity contribution < 1.29 is 22.8 Å². The standard InChI is InChI=1S/C29H26F3N3O2/c30-29(31,32)25-11-5-4-10-24(25)28(37)35-18-22-16-34(17-23(22)19-35)27-14-13-21(15-33-27)26(36)12-6-9-20-7-2-1-3-8-20/h1-5,7-8,10-11,13-15H,6,9,12,16-19H2. The first-order valence-electron chi connectivity index (χ1n) is 12.2. The maximum absolute atomic E-state index is 13.4. The van der Waals surface area contributed by atoms with Crippen LogP contribution in [0.1, 0.15) is 44.7 Å². The highest BCUT2D eigenvalue weighted by Crippen LogP contribution is 2.34. The van der Waals surface area contributed by atoms with Gasteiger partial charge in [-0.05, 0) is 53.8 Å². The zero-order valence-corrected chi connectivity index (χ0v) is 20.2. The fourth-order valence-electron chi connectivity index (χ4n) is 4.95. The number of benzene rings is 2. The zero-order valence-electron chi connectivity index (χ0n) is 20.2. The summed E-state index contributed by atoms with van der Waals surface area (Å²) in [7, 11) is 0. The SMILES string of the molecule is O=C(CCCc1ccccc1)c1ccc(N2CC3=C(CN(C(=O)c4ccccc4C(F)(F)F)C3)C2)nc1. The molecule has 5 rings (SSSR count). The normalized spacial score (nSPS) is 15.3. The molecule has 0 saturated heterocycles. The maximum atomic E-state index is 13.4. The van der Waals surface area contributed by atoms with Gasteiger partial charge in [0, 0.05) is 44.4 Å². The molecule has 0 unspecified atom stereocenters. The van der Waals surface area contributed by atoms with Crippen molar-refractivity contribution in [1.29, 1.82) is 0 Å². The number of hydrogen-bond acceptors (Lipinski definition) is 4. The molecule has 0 radical (unpaired) electrons. The van der Waals surface area contributed by atoms with Crippen molar-refractivity contribution in [2.75, 3.05) is 31.1 Å². The van der Waals surface area contributed by atoms with E-state index in [1.807, 2.05) is 24.3 Å². The van der Waals surface area contributed by atoms with Crippen LogP contribution in [0.3, 0.4) is 0 Å². The molecule has 3 aromatic rings. The second kappa shape index (κ2) is 10.2. The van der Waals surface area contributed by atoms with Crippen molar-refractivity contribution in [1.82, 2.24) is 9.88 Å². The molecule has 2 aliphatic heterocycles. The van der Waals surface area contributed by atoms with Crippen LogP contribution in [0.2, 0.25) is 0 Å². The molecule has 0 saturated carbocycles. The van der Waals surface area contributed by atoms with E-state index in [0.29, 0.717) is 38.2 Å². The van der Waals surface area contributed by atoms with Crippen molar-refractivity contribution in [3.63, 3.8) is 0 Å². The van der Waals surface area contributed by atoms with Gasteiger partial charge in [0.05, 0.1) is 11.1 Å². The number of aromatic nitrogens is 1. The Balaban J connectivity index is 1.15. The lowest BCUT2D eigenvalue weighted by molar-refractivity contribution is -0.138. The summed E-state index contributed by atoms with van der Waals surface area (Å²) in [4.78, 5) is 33.5. The highest BCUT2D eigenvalue weighted by atomic mass is 19.4. The van der Waals surface area contributed by atoms with Crippen molar-refractivity contribution in [3.8, 4) is 0 Å². The molecule has 0 spiro atoms. The van der Waals surface area contributed by atoms with Gasteiger partial charge in [-0.2, -0.15) is 13.2 Å². The summed E-state index contributed by atoms with van der Waals surface area (Å²) in [6.07, 6.45) is -0.898. The number of nitrogens with zero attached hydrogens (tertiary/aromatic N) is 3. The van der Waals surface area contributed by atoms with Gasteiger partial charge in [-0.25, -0.2) is 4.98 Å². The molecule has 2 aliphatic rings.